The highest BCUT2D eigenvalue weighted by Crippen LogP contribution is 2.38. The maximum absolute atomic E-state index is 12.4. The van der Waals surface area contributed by atoms with Crippen LogP contribution in [0.3, 0.4) is 0 Å². The van der Waals surface area contributed by atoms with Gasteiger partial charge in [-0.2, -0.15) is 0 Å². The summed E-state index contributed by atoms with van der Waals surface area (Å²) in [5.41, 5.74) is 10.3. The highest BCUT2D eigenvalue weighted by Gasteiger charge is 2.21. The zero-order valence-electron chi connectivity index (χ0n) is 33.6. The Morgan fingerprint density at radius 3 is 1.77 bits per heavy atom. The zero-order valence-corrected chi connectivity index (χ0v) is 36.9. The van der Waals surface area contributed by atoms with E-state index >= 15 is 0 Å². The Morgan fingerprint density at radius 2 is 1.21 bits per heavy atom. The van der Waals surface area contributed by atoms with Crippen molar-refractivity contribution in [2.24, 2.45) is 10.8 Å². The number of benzene rings is 2. The van der Waals surface area contributed by atoms with Gasteiger partial charge in [0.15, 0.2) is 0 Å². The fraction of sp³-hybridized carbons (Fsp3) is 0.500. The number of nitrogens with zero attached hydrogens (tertiary/aromatic N) is 1. The minimum Gasteiger partial charge on any atom is -0.384 e. The fourth-order valence-corrected chi connectivity index (χ4v) is 9.27. The third-order valence-electron chi connectivity index (χ3n) is 9.18. The van der Waals surface area contributed by atoms with Crippen molar-refractivity contribution in [2.75, 3.05) is 33.9 Å². The summed E-state index contributed by atoms with van der Waals surface area (Å²) in [6, 6.07) is 12.9. The molecular weight excluding hydrogens is 761 g/mol. The molecule has 0 spiro atoms. The van der Waals surface area contributed by atoms with E-state index in [2.05, 4.69) is 127 Å². The molecule has 4 heterocycles. The highest BCUT2D eigenvalue weighted by molar-refractivity contribution is 9.10. The molecule has 2 aromatic carbocycles. The summed E-state index contributed by atoms with van der Waals surface area (Å²) >= 11 is 7.19. The molecule has 6 nitrogen and oxygen atoms in total. The number of fused-ring (bicyclic) bond motifs is 2. The van der Waals surface area contributed by atoms with Crippen molar-refractivity contribution in [3.63, 3.8) is 0 Å². The van der Waals surface area contributed by atoms with Crippen LogP contribution >= 0.6 is 38.6 Å². The third kappa shape index (κ3) is 13.3. The van der Waals surface area contributed by atoms with E-state index < -0.39 is 0 Å². The van der Waals surface area contributed by atoms with Gasteiger partial charge in [-0.15, -0.1) is 22.7 Å². The van der Waals surface area contributed by atoms with Gasteiger partial charge in [0.25, 0.3) is 0 Å². The lowest BCUT2D eigenvalue weighted by molar-refractivity contribution is -0.118. The second-order valence-electron chi connectivity index (χ2n) is 16.9. The van der Waals surface area contributed by atoms with Gasteiger partial charge in [-0.1, -0.05) is 57.5 Å². The van der Waals surface area contributed by atoms with Crippen LogP contribution in [0.1, 0.15) is 112 Å². The van der Waals surface area contributed by atoms with Crippen LogP contribution in [0.2, 0.25) is 0 Å². The topological polar surface area (TPSA) is 73.5 Å². The largest absolute Gasteiger partial charge is 0.384 e. The van der Waals surface area contributed by atoms with Gasteiger partial charge in [0.1, 0.15) is 0 Å². The van der Waals surface area contributed by atoms with Gasteiger partial charge in [-0.3, -0.25) is 9.59 Å². The number of hydrogen-bond donors (Lipinski definition) is 3. The Morgan fingerprint density at radius 1 is 0.717 bits per heavy atom. The van der Waals surface area contributed by atoms with Crippen LogP contribution in [0.5, 0.6) is 0 Å². The summed E-state index contributed by atoms with van der Waals surface area (Å²) in [6.45, 7) is 22.9. The Kier molecular flexibility index (Phi) is 15.2. The van der Waals surface area contributed by atoms with Crippen molar-refractivity contribution in [3.8, 4) is 0 Å². The number of anilines is 5. The predicted molar refractivity (Wildman–Crippen MR) is 235 cm³/mol. The molecule has 0 fully saturated rings. The van der Waals surface area contributed by atoms with Crippen molar-refractivity contribution in [1.82, 2.24) is 0 Å². The van der Waals surface area contributed by atoms with E-state index in [-0.39, 0.29) is 22.6 Å². The van der Waals surface area contributed by atoms with Crippen LogP contribution in [-0.4, -0.2) is 24.9 Å². The molecule has 0 saturated heterocycles. The van der Waals surface area contributed by atoms with E-state index in [0.717, 1.165) is 51.2 Å². The number of aryl methyl sites for hydroxylation is 6. The van der Waals surface area contributed by atoms with Crippen molar-refractivity contribution in [1.29, 1.82) is 0 Å². The van der Waals surface area contributed by atoms with E-state index in [4.69, 9.17) is 0 Å². The zero-order chi connectivity index (χ0) is 38.9. The van der Waals surface area contributed by atoms with Crippen LogP contribution in [0.15, 0.2) is 51.6 Å². The summed E-state index contributed by atoms with van der Waals surface area (Å²) in [7, 11) is 0. The molecule has 9 heteroatoms. The number of halogens is 1. The van der Waals surface area contributed by atoms with Gasteiger partial charge < -0.3 is 20.9 Å². The first-order valence-electron chi connectivity index (χ1n) is 19.0. The molecule has 0 saturated carbocycles. The number of hydrogen-bond acceptors (Lipinski definition) is 6. The quantitative estimate of drug-likeness (QED) is 0.187. The van der Waals surface area contributed by atoms with Crippen molar-refractivity contribution in [3.05, 3.63) is 83.6 Å². The number of rotatable bonds is 5. The van der Waals surface area contributed by atoms with E-state index in [9.17, 15) is 9.59 Å². The lowest BCUT2D eigenvalue weighted by Crippen LogP contribution is -2.21. The summed E-state index contributed by atoms with van der Waals surface area (Å²) in [5.74, 6) is 0.164. The van der Waals surface area contributed by atoms with E-state index in [1.54, 1.807) is 0 Å². The molecule has 0 radical (unpaired) electrons. The number of amides is 2. The molecule has 0 bridgehead atoms. The first-order chi connectivity index (χ1) is 24.9. The lowest BCUT2D eigenvalue weighted by atomic mass is 9.92. The fourth-order valence-electron chi connectivity index (χ4n) is 6.76. The molecule has 0 atom stereocenters. The molecule has 2 aromatic heterocycles. The average molecular weight is 822 g/mol. The lowest BCUT2D eigenvalue weighted by Gasteiger charge is -2.26. The van der Waals surface area contributed by atoms with Crippen LogP contribution in [0.4, 0.5) is 28.4 Å². The SMILES string of the molecule is Cc1cc(Br)cc(C)c1NC(=O)CC(C)(C)C.Cc1cc(N2CCCCc3sccc32)cc(C)c1NC(=O)CC(C)(C)C.c1cc2c(s1)CCCCN2. The Labute approximate surface area is 335 Å². The van der Waals surface area contributed by atoms with Crippen molar-refractivity contribution in [2.45, 2.75) is 121 Å². The van der Waals surface area contributed by atoms with Crippen LogP contribution in [0, 0.1) is 38.5 Å². The Hall–Kier alpha value is -3.14. The average Bonchev–Trinajstić information content (AvgIpc) is 3.57. The van der Waals surface area contributed by atoms with Gasteiger partial charge in [0, 0.05) is 62.9 Å². The van der Waals surface area contributed by atoms with Gasteiger partial charge in [0.2, 0.25) is 11.8 Å². The van der Waals surface area contributed by atoms with Gasteiger partial charge in [0.05, 0.1) is 5.69 Å². The van der Waals surface area contributed by atoms with Crippen LogP contribution in [0.25, 0.3) is 0 Å². The number of carbonyl (C=O) groups excluding carboxylic acids is 2. The van der Waals surface area contributed by atoms with E-state index in [1.165, 1.54) is 65.3 Å². The summed E-state index contributed by atoms with van der Waals surface area (Å²) in [6.07, 6.45) is 8.65. The monoisotopic (exact) mass is 820 g/mol. The number of carbonyl (C=O) groups is 2. The van der Waals surface area contributed by atoms with Gasteiger partial charge in [-0.25, -0.2) is 0 Å². The van der Waals surface area contributed by atoms with Gasteiger partial charge >= 0.3 is 0 Å². The summed E-state index contributed by atoms with van der Waals surface area (Å²) in [4.78, 5) is 29.7. The first kappa shape index (κ1) is 42.6. The smallest absolute Gasteiger partial charge is 0.224 e. The molecule has 3 N–H and O–H groups in total. The predicted octanol–water partition coefficient (Wildman–Crippen LogP) is 13.2. The highest BCUT2D eigenvalue weighted by atomic mass is 79.9. The molecule has 4 aromatic rings. The molecule has 288 valence electrons. The van der Waals surface area contributed by atoms with Crippen LogP contribution < -0.4 is 20.9 Å². The summed E-state index contributed by atoms with van der Waals surface area (Å²) in [5, 5.41) is 13.9. The first-order valence-corrected chi connectivity index (χ1v) is 21.6. The van der Waals surface area contributed by atoms with Crippen molar-refractivity contribution < 1.29 is 9.59 Å². The molecule has 0 unspecified atom stereocenters. The summed E-state index contributed by atoms with van der Waals surface area (Å²) < 4.78 is 1.04. The maximum atomic E-state index is 12.4. The number of nitrogens with one attached hydrogen (secondary N) is 3. The molecule has 2 aliphatic rings. The second kappa shape index (κ2) is 18.9. The number of thiophene rings is 2. The normalized spacial score (nSPS) is 14.1. The van der Waals surface area contributed by atoms with Gasteiger partial charge in [-0.05, 0) is 146 Å². The molecule has 0 aliphatic carbocycles. The molecule has 2 aliphatic heterocycles. The molecule has 53 heavy (non-hydrogen) atoms. The molecule has 6 rings (SSSR count). The standard InChI is InChI=1S/C22H30N2OS.C14H20BrNO.C8H11NS/c1-15-12-17(24-10-7-6-8-19-18(24)9-11-26-19)13-16(2)21(15)23-20(25)14-22(3,4)5;1-9-6-11(15)7-10(2)13(9)16-12(17)8-14(3,4)5;1-2-5-9-7-4-6-10-8(7)3-1/h9,11-13H,6-8,10,14H2,1-5H3,(H,23,25);6-7H,8H2,1-5H3,(H,16,17);4,6,9H,1-3,5H2. The minimum absolute atomic E-state index is 0.00671. The van der Waals surface area contributed by atoms with Crippen molar-refractivity contribution >= 4 is 78.9 Å². The molecule has 2 amide bonds. The second-order valence-corrected chi connectivity index (χ2v) is 19.8. The van der Waals surface area contributed by atoms with Crippen LogP contribution in [-0.2, 0) is 22.4 Å². The Bertz CT molecular complexity index is 1780. The van der Waals surface area contributed by atoms with E-state index in [1.807, 2.05) is 48.7 Å². The maximum Gasteiger partial charge on any atom is 0.224 e. The molecular formula is C44H61BrN4O2S2. The third-order valence-corrected chi connectivity index (χ3v) is 11.6. The minimum atomic E-state index is -0.00671. The Balaban J connectivity index is 0.000000198. The van der Waals surface area contributed by atoms with E-state index in [0.29, 0.717) is 12.8 Å².